The molecular weight excluding hydrogens is 378 g/mol. The lowest BCUT2D eigenvalue weighted by Gasteiger charge is -2.33. The van der Waals surface area contributed by atoms with Crippen LogP contribution in [0.4, 0.5) is 4.79 Å². The molecule has 2 atom stereocenters. The van der Waals surface area contributed by atoms with E-state index in [1.807, 2.05) is 62.4 Å². The zero-order valence-corrected chi connectivity index (χ0v) is 17.4. The van der Waals surface area contributed by atoms with Crippen LogP contribution >= 0.6 is 0 Å². The van der Waals surface area contributed by atoms with E-state index < -0.39 is 11.6 Å². The third-order valence-electron chi connectivity index (χ3n) is 6.18. The molecule has 0 aromatic heterocycles. The SMILES string of the molecule is CCC(NC(=O)CN1C(=O)NC2(CCCc3ccccc32)C1=O)c1ccc(C)cc1. The smallest absolute Gasteiger partial charge is 0.325 e. The molecule has 4 rings (SSSR count). The fraction of sp³-hybridized carbons (Fsp3) is 0.375. The minimum Gasteiger partial charge on any atom is -0.348 e. The van der Waals surface area contributed by atoms with Crippen LogP contribution in [-0.2, 0) is 21.5 Å². The zero-order valence-electron chi connectivity index (χ0n) is 17.4. The fourth-order valence-corrected chi connectivity index (χ4v) is 4.56. The Morgan fingerprint density at radius 3 is 2.63 bits per heavy atom. The van der Waals surface area contributed by atoms with Crippen molar-refractivity contribution in [2.45, 2.75) is 51.1 Å². The Morgan fingerprint density at radius 2 is 1.90 bits per heavy atom. The highest BCUT2D eigenvalue weighted by Crippen LogP contribution is 2.39. The van der Waals surface area contributed by atoms with Gasteiger partial charge in [-0.15, -0.1) is 0 Å². The Labute approximate surface area is 176 Å². The highest BCUT2D eigenvalue weighted by molar-refractivity contribution is 6.09. The van der Waals surface area contributed by atoms with Crippen LogP contribution in [0, 0.1) is 6.92 Å². The van der Waals surface area contributed by atoms with Crippen LogP contribution in [0.2, 0.25) is 0 Å². The summed E-state index contributed by atoms with van der Waals surface area (Å²) in [6.45, 7) is 3.73. The van der Waals surface area contributed by atoms with Crippen LogP contribution < -0.4 is 10.6 Å². The van der Waals surface area contributed by atoms with Crippen LogP contribution in [0.3, 0.4) is 0 Å². The Balaban J connectivity index is 1.50. The van der Waals surface area contributed by atoms with Gasteiger partial charge in [0.1, 0.15) is 12.1 Å². The quantitative estimate of drug-likeness (QED) is 0.749. The largest absolute Gasteiger partial charge is 0.348 e. The molecule has 2 unspecified atom stereocenters. The van der Waals surface area contributed by atoms with E-state index in [0.29, 0.717) is 12.8 Å². The minimum absolute atomic E-state index is 0.164. The van der Waals surface area contributed by atoms with Crippen molar-refractivity contribution in [2.24, 2.45) is 0 Å². The van der Waals surface area contributed by atoms with Crippen molar-refractivity contribution in [3.05, 3.63) is 70.8 Å². The van der Waals surface area contributed by atoms with Gasteiger partial charge in [0.2, 0.25) is 5.91 Å². The average molecular weight is 405 g/mol. The maximum atomic E-state index is 13.3. The van der Waals surface area contributed by atoms with Crippen LogP contribution in [0.5, 0.6) is 0 Å². The number of carbonyl (C=O) groups is 3. The second-order valence-corrected chi connectivity index (χ2v) is 8.18. The molecule has 0 radical (unpaired) electrons. The number of imide groups is 1. The molecule has 0 bridgehead atoms. The van der Waals surface area contributed by atoms with Crippen molar-refractivity contribution in [3.8, 4) is 0 Å². The lowest BCUT2D eigenvalue weighted by Crippen LogP contribution is -2.47. The molecule has 1 spiro atoms. The average Bonchev–Trinajstić information content (AvgIpc) is 2.98. The van der Waals surface area contributed by atoms with E-state index in [4.69, 9.17) is 0 Å². The number of urea groups is 1. The number of hydrogen-bond donors (Lipinski definition) is 2. The number of fused-ring (bicyclic) bond motifs is 2. The van der Waals surface area contributed by atoms with Crippen molar-refractivity contribution in [3.63, 3.8) is 0 Å². The van der Waals surface area contributed by atoms with Gasteiger partial charge >= 0.3 is 6.03 Å². The zero-order chi connectivity index (χ0) is 21.3. The minimum atomic E-state index is -1.05. The van der Waals surface area contributed by atoms with E-state index in [1.165, 1.54) is 0 Å². The number of amides is 4. The number of hydrogen-bond acceptors (Lipinski definition) is 3. The molecule has 1 fully saturated rings. The molecule has 2 aromatic rings. The standard InChI is InChI=1S/C24H27N3O3/c1-3-20(18-12-10-16(2)11-13-18)25-21(28)15-27-22(29)24(26-23(27)30)14-6-8-17-7-4-5-9-19(17)24/h4-5,7,9-13,20H,3,6,8,14-15H2,1-2H3,(H,25,28)(H,26,30). The van der Waals surface area contributed by atoms with Gasteiger partial charge in [-0.1, -0.05) is 61.0 Å². The van der Waals surface area contributed by atoms with Crippen LogP contribution in [0.15, 0.2) is 48.5 Å². The molecule has 2 aliphatic rings. The summed E-state index contributed by atoms with van der Waals surface area (Å²) in [5.41, 5.74) is 3.04. The normalized spacial score (nSPS) is 21.3. The van der Waals surface area contributed by atoms with Gasteiger partial charge in [-0.3, -0.25) is 14.5 Å². The first kappa shape index (κ1) is 20.1. The first-order valence-electron chi connectivity index (χ1n) is 10.5. The summed E-state index contributed by atoms with van der Waals surface area (Å²) >= 11 is 0. The molecule has 30 heavy (non-hydrogen) atoms. The highest BCUT2D eigenvalue weighted by Gasteiger charge is 2.54. The summed E-state index contributed by atoms with van der Waals surface area (Å²) in [5, 5.41) is 5.86. The van der Waals surface area contributed by atoms with Gasteiger partial charge in [0.25, 0.3) is 5.91 Å². The fourth-order valence-electron chi connectivity index (χ4n) is 4.56. The lowest BCUT2D eigenvalue weighted by molar-refractivity contribution is -0.135. The Bertz CT molecular complexity index is 985. The Kier molecular flexibility index (Phi) is 5.33. The third-order valence-corrected chi connectivity index (χ3v) is 6.18. The highest BCUT2D eigenvalue weighted by atomic mass is 16.2. The van der Waals surface area contributed by atoms with E-state index in [0.717, 1.165) is 40.0 Å². The monoisotopic (exact) mass is 405 g/mol. The predicted molar refractivity (Wildman–Crippen MR) is 114 cm³/mol. The summed E-state index contributed by atoms with van der Waals surface area (Å²) < 4.78 is 0. The second-order valence-electron chi connectivity index (χ2n) is 8.18. The van der Waals surface area contributed by atoms with Gasteiger partial charge in [-0.05, 0) is 49.3 Å². The van der Waals surface area contributed by atoms with Gasteiger partial charge in [-0.2, -0.15) is 0 Å². The maximum Gasteiger partial charge on any atom is 0.325 e. The lowest BCUT2D eigenvalue weighted by atomic mass is 9.76. The summed E-state index contributed by atoms with van der Waals surface area (Å²) in [7, 11) is 0. The molecule has 6 heteroatoms. The molecule has 2 aromatic carbocycles. The molecule has 1 aliphatic carbocycles. The van der Waals surface area contributed by atoms with E-state index in [2.05, 4.69) is 10.6 Å². The number of rotatable bonds is 5. The molecule has 4 amide bonds. The van der Waals surface area contributed by atoms with Gasteiger partial charge in [0, 0.05) is 0 Å². The van der Waals surface area contributed by atoms with E-state index >= 15 is 0 Å². The summed E-state index contributed by atoms with van der Waals surface area (Å²) in [6, 6.07) is 15.1. The second kappa shape index (κ2) is 7.94. The first-order valence-corrected chi connectivity index (χ1v) is 10.5. The number of nitrogens with zero attached hydrogens (tertiary/aromatic N) is 1. The molecule has 156 valence electrons. The van der Waals surface area contributed by atoms with E-state index in [-0.39, 0.29) is 24.4 Å². The first-order chi connectivity index (χ1) is 14.4. The van der Waals surface area contributed by atoms with Crippen molar-refractivity contribution < 1.29 is 14.4 Å². The summed E-state index contributed by atoms with van der Waals surface area (Å²) in [4.78, 5) is 39.8. The third kappa shape index (κ3) is 3.47. The maximum absolute atomic E-state index is 13.3. The molecule has 1 saturated heterocycles. The molecular formula is C24H27N3O3. The summed E-state index contributed by atoms with van der Waals surface area (Å²) in [5.74, 6) is -0.676. The molecule has 1 aliphatic heterocycles. The van der Waals surface area contributed by atoms with Gasteiger partial charge in [0.15, 0.2) is 0 Å². The number of aryl methyl sites for hydroxylation is 2. The molecule has 2 N–H and O–H groups in total. The summed E-state index contributed by atoms with van der Waals surface area (Å²) in [6.07, 6.45) is 2.96. The Morgan fingerprint density at radius 1 is 1.17 bits per heavy atom. The van der Waals surface area contributed by atoms with Crippen LogP contribution in [0.1, 0.15) is 54.5 Å². The van der Waals surface area contributed by atoms with E-state index in [1.54, 1.807) is 0 Å². The van der Waals surface area contributed by atoms with Crippen molar-refractivity contribution in [1.29, 1.82) is 0 Å². The van der Waals surface area contributed by atoms with Crippen molar-refractivity contribution in [2.75, 3.05) is 6.54 Å². The Hall–Kier alpha value is -3.15. The number of nitrogens with one attached hydrogen (secondary N) is 2. The van der Waals surface area contributed by atoms with Gasteiger partial charge < -0.3 is 10.6 Å². The number of carbonyl (C=O) groups excluding carboxylic acids is 3. The predicted octanol–water partition coefficient (Wildman–Crippen LogP) is 3.35. The van der Waals surface area contributed by atoms with Gasteiger partial charge in [-0.25, -0.2) is 4.79 Å². The van der Waals surface area contributed by atoms with E-state index in [9.17, 15) is 14.4 Å². The van der Waals surface area contributed by atoms with Crippen molar-refractivity contribution in [1.82, 2.24) is 15.5 Å². The molecule has 1 heterocycles. The molecule has 0 saturated carbocycles. The van der Waals surface area contributed by atoms with Crippen LogP contribution in [0.25, 0.3) is 0 Å². The van der Waals surface area contributed by atoms with Crippen LogP contribution in [-0.4, -0.2) is 29.3 Å². The molecule has 6 nitrogen and oxygen atoms in total. The number of benzene rings is 2. The van der Waals surface area contributed by atoms with Gasteiger partial charge in [0.05, 0.1) is 6.04 Å². The topological polar surface area (TPSA) is 78.5 Å². The van der Waals surface area contributed by atoms with Crippen molar-refractivity contribution >= 4 is 17.8 Å².